The van der Waals surface area contributed by atoms with Crippen molar-refractivity contribution in [1.82, 2.24) is 4.31 Å². The summed E-state index contributed by atoms with van der Waals surface area (Å²) < 4.78 is 30.4. The van der Waals surface area contributed by atoms with Crippen molar-refractivity contribution >= 4 is 21.6 Å². The van der Waals surface area contributed by atoms with Crippen LogP contribution in [0.2, 0.25) is 0 Å². The second-order valence-corrected chi connectivity index (χ2v) is 7.92. The van der Waals surface area contributed by atoms with Crippen LogP contribution >= 0.6 is 0 Å². The lowest BCUT2D eigenvalue weighted by molar-refractivity contribution is -0.116. The maximum Gasteiger partial charge on any atom is 0.239 e. The third kappa shape index (κ3) is 5.57. The molecule has 0 saturated carbocycles. The lowest BCUT2D eigenvalue weighted by Gasteiger charge is -2.20. The molecule has 0 atom stereocenters. The number of sulfonamides is 1. The first-order chi connectivity index (χ1) is 12.3. The van der Waals surface area contributed by atoms with Crippen LogP contribution in [0.4, 0.5) is 5.69 Å². The predicted molar refractivity (Wildman–Crippen MR) is 103 cm³/mol. The number of rotatable bonds is 8. The zero-order valence-corrected chi connectivity index (χ0v) is 16.0. The second-order valence-electron chi connectivity index (χ2n) is 5.94. The molecule has 2 rings (SSSR count). The highest BCUT2D eigenvalue weighted by atomic mass is 32.2. The summed E-state index contributed by atoms with van der Waals surface area (Å²) >= 11 is 0. The van der Waals surface area contributed by atoms with E-state index in [1.165, 1.54) is 0 Å². The number of methoxy groups -OCH3 is 1. The number of carbonyl (C=O) groups is 1. The van der Waals surface area contributed by atoms with E-state index >= 15 is 0 Å². The van der Waals surface area contributed by atoms with Crippen molar-refractivity contribution in [3.05, 3.63) is 59.7 Å². The van der Waals surface area contributed by atoms with Crippen LogP contribution in [0.1, 0.15) is 18.1 Å². The molecule has 140 valence electrons. The van der Waals surface area contributed by atoms with Crippen LogP contribution in [0, 0.1) is 0 Å². The smallest absolute Gasteiger partial charge is 0.239 e. The Labute approximate surface area is 154 Å². The van der Waals surface area contributed by atoms with E-state index < -0.39 is 10.0 Å². The van der Waals surface area contributed by atoms with E-state index in [4.69, 9.17) is 4.74 Å². The van der Waals surface area contributed by atoms with Gasteiger partial charge in [0.15, 0.2) is 0 Å². The lowest BCUT2D eigenvalue weighted by Crippen LogP contribution is -2.37. The average molecular weight is 376 g/mol. The van der Waals surface area contributed by atoms with Crippen molar-refractivity contribution in [1.29, 1.82) is 0 Å². The predicted octanol–water partition coefficient (Wildman–Crippen LogP) is 2.66. The van der Waals surface area contributed by atoms with Crippen molar-refractivity contribution in [3.8, 4) is 5.75 Å². The van der Waals surface area contributed by atoms with E-state index in [2.05, 4.69) is 5.32 Å². The van der Waals surface area contributed by atoms with Crippen molar-refractivity contribution in [3.63, 3.8) is 0 Å². The molecule has 0 heterocycles. The Morgan fingerprint density at radius 2 is 1.77 bits per heavy atom. The third-order valence-corrected chi connectivity index (χ3v) is 5.18. The van der Waals surface area contributed by atoms with Gasteiger partial charge in [-0.05, 0) is 35.7 Å². The minimum atomic E-state index is -3.54. The summed E-state index contributed by atoms with van der Waals surface area (Å²) in [5.41, 5.74) is 2.48. The Morgan fingerprint density at radius 1 is 1.12 bits per heavy atom. The van der Waals surface area contributed by atoms with Crippen LogP contribution in [-0.4, -0.2) is 38.5 Å². The molecule has 26 heavy (non-hydrogen) atoms. The summed E-state index contributed by atoms with van der Waals surface area (Å²) in [6.45, 7) is 1.87. The van der Waals surface area contributed by atoms with Gasteiger partial charge in [0.1, 0.15) is 5.75 Å². The molecule has 2 aromatic carbocycles. The topological polar surface area (TPSA) is 75.7 Å². The Kier molecular flexibility index (Phi) is 6.76. The highest BCUT2D eigenvalue weighted by Gasteiger charge is 2.21. The maximum absolute atomic E-state index is 12.4. The summed E-state index contributed by atoms with van der Waals surface area (Å²) in [4.78, 5) is 12.4. The van der Waals surface area contributed by atoms with Crippen LogP contribution in [0.15, 0.2) is 48.5 Å². The fourth-order valence-corrected chi connectivity index (χ4v) is 3.26. The molecule has 0 aliphatic heterocycles. The number of carbonyl (C=O) groups excluding carboxylic acids is 1. The Hall–Kier alpha value is -2.38. The lowest BCUT2D eigenvalue weighted by atomic mass is 10.1. The highest BCUT2D eigenvalue weighted by molar-refractivity contribution is 7.88. The van der Waals surface area contributed by atoms with Crippen LogP contribution in [0.25, 0.3) is 0 Å². The summed E-state index contributed by atoms with van der Waals surface area (Å²) in [6.07, 6.45) is 1.88. The number of nitrogens with one attached hydrogen (secondary N) is 1. The van der Waals surface area contributed by atoms with Crippen LogP contribution in [0.3, 0.4) is 0 Å². The van der Waals surface area contributed by atoms with E-state index in [0.29, 0.717) is 11.4 Å². The molecule has 6 nitrogen and oxygen atoms in total. The molecular formula is C19H24N2O4S. The molecule has 0 aliphatic rings. The minimum Gasteiger partial charge on any atom is -0.497 e. The summed E-state index contributed by atoms with van der Waals surface area (Å²) in [6, 6.07) is 14.6. The molecular weight excluding hydrogens is 352 g/mol. The van der Waals surface area contributed by atoms with Gasteiger partial charge in [0.2, 0.25) is 15.9 Å². The number of amides is 1. The van der Waals surface area contributed by atoms with Crippen LogP contribution in [-0.2, 0) is 27.8 Å². The van der Waals surface area contributed by atoms with Gasteiger partial charge < -0.3 is 10.1 Å². The third-order valence-electron chi connectivity index (χ3n) is 3.98. The molecule has 0 aromatic heterocycles. The largest absolute Gasteiger partial charge is 0.497 e. The molecule has 0 bridgehead atoms. The van der Waals surface area contributed by atoms with Gasteiger partial charge in [-0.3, -0.25) is 4.79 Å². The number of anilines is 1. The number of para-hydroxylation sites is 1. The molecule has 0 radical (unpaired) electrons. The average Bonchev–Trinajstić information content (AvgIpc) is 2.61. The standard InChI is InChI=1S/C19H24N2O4S/c1-4-16-7-5-6-8-18(16)20-19(22)14-21(26(3,23)24)13-15-9-11-17(25-2)12-10-15/h5-12H,4,13-14H2,1-3H3,(H,20,22). The molecule has 7 heteroatoms. The second kappa shape index (κ2) is 8.82. The van der Waals surface area contributed by atoms with E-state index in [9.17, 15) is 13.2 Å². The molecule has 0 aliphatic carbocycles. The van der Waals surface area contributed by atoms with Crippen LogP contribution < -0.4 is 10.1 Å². The molecule has 1 amide bonds. The van der Waals surface area contributed by atoms with Gasteiger partial charge in [-0.1, -0.05) is 37.3 Å². The van der Waals surface area contributed by atoms with Gasteiger partial charge in [0, 0.05) is 12.2 Å². The fraction of sp³-hybridized carbons (Fsp3) is 0.316. The zero-order valence-electron chi connectivity index (χ0n) is 15.2. The van der Waals surface area contributed by atoms with Gasteiger partial charge in [-0.15, -0.1) is 0 Å². The summed E-state index contributed by atoms with van der Waals surface area (Å²) in [7, 11) is -1.97. The monoisotopic (exact) mass is 376 g/mol. The highest BCUT2D eigenvalue weighted by Crippen LogP contribution is 2.17. The van der Waals surface area contributed by atoms with E-state index in [0.717, 1.165) is 28.1 Å². The van der Waals surface area contributed by atoms with Crippen molar-refractivity contribution in [2.45, 2.75) is 19.9 Å². The molecule has 0 spiro atoms. The van der Waals surface area contributed by atoms with Gasteiger partial charge >= 0.3 is 0 Å². The summed E-state index contributed by atoms with van der Waals surface area (Å²) in [5, 5.41) is 2.80. The van der Waals surface area contributed by atoms with Crippen molar-refractivity contribution in [2.24, 2.45) is 0 Å². The Bertz CT molecular complexity index is 848. The van der Waals surface area contributed by atoms with Gasteiger partial charge in [-0.25, -0.2) is 8.42 Å². The first-order valence-corrected chi connectivity index (χ1v) is 10.1. The van der Waals surface area contributed by atoms with Crippen LogP contribution in [0.5, 0.6) is 5.75 Å². The molecule has 1 N–H and O–H groups in total. The Morgan fingerprint density at radius 3 is 2.35 bits per heavy atom. The number of aryl methyl sites for hydroxylation is 1. The van der Waals surface area contributed by atoms with Gasteiger partial charge in [-0.2, -0.15) is 4.31 Å². The van der Waals surface area contributed by atoms with E-state index in [1.54, 1.807) is 31.4 Å². The molecule has 0 saturated heterocycles. The van der Waals surface area contributed by atoms with Crippen molar-refractivity contribution in [2.75, 3.05) is 25.2 Å². The SMILES string of the molecule is CCc1ccccc1NC(=O)CN(Cc1ccc(OC)cc1)S(C)(=O)=O. The number of hydrogen-bond acceptors (Lipinski definition) is 4. The van der Waals surface area contributed by atoms with Gasteiger partial charge in [0.25, 0.3) is 0 Å². The Balaban J connectivity index is 2.10. The molecule has 0 fully saturated rings. The van der Waals surface area contributed by atoms with E-state index in [-0.39, 0.29) is 19.0 Å². The number of hydrogen-bond donors (Lipinski definition) is 1. The number of nitrogens with zero attached hydrogens (tertiary/aromatic N) is 1. The quantitative estimate of drug-likeness (QED) is 0.768. The number of benzene rings is 2. The molecule has 2 aromatic rings. The van der Waals surface area contributed by atoms with Gasteiger partial charge in [0.05, 0.1) is 19.9 Å². The zero-order chi connectivity index (χ0) is 19.2. The van der Waals surface area contributed by atoms with Crippen molar-refractivity contribution < 1.29 is 17.9 Å². The first-order valence-electron chi connectivity index (χ1n) is 8.29. The first kappa shape index (κ1) is 19.9. The maximum atomic E-state index is 12.4. The normalized spacial score (nSPS) is 11.4. The summed E-state index contributed by atoms with van der Waals surface area (Å²) in [5.74, 6) is 0.318. The fourth-order valence-electron chi connectivity index (χ4n) is 2.53. The van der Waals surface area contributed by atoms with E-state index in [1.807, 2.05) is 31.2 Å². The number of ether oxygens (including phenoxy) is 1. The molecule has 0 unspecified atom stereocenters. The minimum absolute atomic E-state index is 0.117.